The van der Waals surface area contributed by atoms with Gasteiger partial charge in [-0.1, -0.05) is 54.6 Å². The van der Waals surface area contributed by atoms with E-state index in [2.05, 4.69) is 114 Å². The van der Waals surface area contributed by atoms with Crippen molar-refractivity contribution in [2.75, 3.05) is 0 Å². The van der Waals surface area contributed by atoms with Crippen LogP contribution in [0.1, 0.15) is 19.9 Å². The smallest absolute Gasteiger partial charge is 0.0548 e. The van der Waals surface area contributed by atoms with Crippen molar-refractivity contribution in [2.45, 2.75) is 19.9 Å². The summed E-state index contributed by atoms with van der Waals surface area (Å²) in [5, 5.41) is 5.25. The number of para-hydroxylation sites is 3. The number of fused-ring (bicyclic) bond motifs is 6. The highest BCUT2D eigenvalue weighted by Crippen LogP contribution is 2.39. The van der Waals surface area contributed by atoms with E-state index in [4.69, 9.17) is 0 Å². The Morgan fingerprint density at radius 2 is 1.07 bits per heavy atom. The molecule has 0 atom stereocenters. The molecule has 2 aromatic heterocycles. The Hall–Kier alpha value is -3.52. The molecule has 29 heavy (non-hydrogen) atoms. The first-order valence-corrected chi connectivity index (χ1v) is 10.3. The third kappa shape index (κ3) is 2.23. The lowest BCUT2D eigenvalue weighted by molar-refractivity contribution is 0.642. The third-order valence-corrected chi connectivity index (χ3v) is 6.03. The second kappa shape index (κ2) is 5.99. The molecular formula is C27H22N2. The summed E-state index contributed by atoms with van der Waals surface area (Å²) in [6, 6.07) is 33.4. The molecule has 0 fully saturated rings. The van der Waals surface area contributed by atoms with Crippen LogP contribution >= 0.6 is 0 Å². The maximum atomic E-state index is 2.47. The van der Waals surface area contributed by atoms with Gasteiger partial charge in [-0.05, 0) is 50.2 Å². The standard InChI is InChI=1S/C27H22N2/c1-18(2)28-24-14-8-6-12-20(24)22-17-27-23(16-26(22)28)21-13-7-9-15-25(21)29(27)19-10-4-3-5-11-19/h3-18H,1-2H3. The lowest BCUT2D eigenvalue weighted by atomic mass is 10.1. The van der Waals surface area contributed by atoms with Gasteiger partial charge in [0.1, 0.15) is 0 Å². The summed E-state index contributed by atoms with van der Waals surface area (Å²) < 4.78 is 4.87. The Kier molecular flexibility index (Phi) is 3.39. The van der Waals surface area contributed by atoms with Crippen LogP contribution in [-0.4, -0.2) is 9.13 Å². The molecule has 6 rings (SSSR count). The molecule has 0 radical (unpaired) electrons. The predicted molar refractivity (Wildman–Crippen MR) is 124 cm³/mol. The Labute approximate surface area is 169 Å². The fourth-order valence-corrected chi connectivity index (χ4v) is 4.87. The molecule has 0 saturated heterocycles. The van der Waals surface area contributed by atoms with E-state index in [0.717, 1.165) is 0 Å². The molecule has 0 N–H and O–H groups in total. The van der Waals surface area contributed by atoms with Crippen molar-refractivity contribution >= 4 is 43.6 Å². The molecule has 140 valence electrons. The van der Waals surface area contributed by atoms with E-state index >= 15 is 0 Å². The van der Waals surface area contributed by atoms with Gasteiger partial charge in [-0.3, -0.25) is 0 Å². The Bertz CT molecular complexity index is 1510. The molecule has 0 aliphatic heterocycles. The van der Waals surface area contributed by atoms with Gasteiger partial charge in [-0.15, -0.1) is 0 Å². The van der Waals surface area contributed by atoms with Crippen molar-refractivity contribution in [1.82, 2.24) is 9.13 Å². The summed E-state index contributed by atoms with van der Waals surface area (Å²) >= 11 is 0. The topological polar surface area (TPSA) is 9.86 Å². The minimum absolute atomic E-state index is 0.400. The van der Waals surface area contributed by atoms with Gasteiger partial charge in [0, 0.05) is 38.8 Å². The summed E-state index contributed by atoms with van der Waals surface area (Å²) in [5.41, 5.74) is 6.33. The highest BCUT2D eigenvalue weighted by Gasteiger charge is 2.18. The first-order valence-electron chi connectivity index (χ1n) is 10.3. The van der Waals surface area contributed by atoms with Crippen LogP contribution in [0, 0.1) is 0 Å². The first-order chi connectivity index (χ1) is 14.2. The quantitative estimate of drug-likeness (QED) is 0.297. The second-order valence-corrected chi connectivity index (χ2v) is 8.06. The maximum absolute atomic E-state index is 2.47. The van der Waals surface area contributed by atoms with Crippen LogP contribution in [0.25, 0.3) is 49.3 Å². The third-order valence-electron chi connectivity index (χ3n) is 6.03. The van der Waals surface area contributed by atoms with Crippen molar-refractivity contribution < 1.29 is 0 Å². The molecule has 0 spiro atoms. The highest BCUT2D eigenvalue weighted by molar-refractivity contribution is 6.18. The molecule has 0 amide bonds. The SMILES string of the molecule is CC(C)n1c2ccccc2c2cc3c(cc21)c1ccccc1n3-c1ccccc1. The van der Waals surface area contributed by atoms with E-state index in [0.29, 0.717) is 6.04 Å². The van der Waals surface area contributed by atoms with Gasteiger partial charge in [0.2, 0.25) is 0 Å². The zero-order chi connectivity index (χ0) is 19.5. The first kappa shape index (κ1) is 16.4. The molecule has 2 nitrogen and oxygen atoms in total. The van der Waals surface area contributed by atoms with Crippen LogP contribution in [0.15, 0.2) is 91.0 Å². The minimum atomic E-state index is 0.400. The number of benzene rings is 4. The predicted octanol–water partition coefficient (Wildman–Crippen LogP) is 7.47. The van der Waals surface area contributed by atoms with Crippen LogP contribution in [0.5, 0.6) is 0 Å². The van der Waals surface area contributed by atoms with Crippen molar-refractivity contribution in [3.8, 4) is 5.69 Å². The van der Waals surface area contributed by atoms with Crippen molar-refractivity contribution in [3.05, 3.63) is 91.0 Å². The molecule has 6 aromatic rings. The van der Waals surface area contributed by atoms with E-state index < -0.39 is 0 Å². The highest BCUT2D eigenvalue weighted by atomic mass is 15.0. The van der Waals surface area contributed by atoms with Crippen LogP contribution in [-0.2, 0) is 0 Å². The van der Waals surface area contributed by atoms with Crippen LogP contribution in [0.4, 0.5) is 0 Å². The van der Waals surface area contributed by atoms with Crippen molar-refractivity contribution in [3.63, 3.8) is 0 Å². The maximum Gasteiger partial charge on any atom is 0.0548 e. The van der Waals surface area contributed by atoms with E-state index in [1.807, 2.05) is 0 Å². The molecule has 0 bridgehead atoms. The Morgan fingerprint density at radius 3 is 1.79 bits per heavy atom. The van der Waals surface area contributed by atoms with E-state index in [1.165, 1.54) is 49.3 Å². The fourth-order valence-electron chi connectivity index (χ4n) is 4.87. The molecule has 0 unspecified atom stereocenters. The average molecular weight is 374 g/mol. The largest absolute Gasteiger partial charge is 0.338 e. The number of nitrogens with zero attached hydrogens (tertiary/aromatic N) is 2. The van der Waals surface area contributed by atoms with Crippen LogP contribution in [0.2, 0.25) is 0 Å². The molecular weight excluding hydrogens is 352 g/mol. The molecule has 0 saturated carbocycles. The second-order valence-electron chi connectivity index (χ2n) is 8.06. The number of rotatable bonds is 2. The molecule has 2 heteroatoms. The Balaban J connectivity index is 1.86. The van der Waals surface area contributed by atoms with Gasteiger partial charge < -0.3 is 9.13 Å². The lowest BCUT2D eigenvalue weighted by Crippen LogP contribution is -1.99. The summed E-state index contributed by atoms with van der Waals surface area (Å²) in [6.07, 6.45) is 0. The van der Waals surface area contributed by atoms with Crippen LogP contribution < -0.4 is 0 Å². The fraction of sp³-hybridized carbons (Fsp3) is 0.111. The summed E-state index contributed by atoms with van der Waals surface area (Å²) in [4.78, 5) is 0. The van der Waals surface area contributed by atoms with Gasteiger partial charge in [-0.2, -0.15) is 0 Å². The van der Waals surface area contributed by atoms with Crippen molar-refractivity contribution in [2.24, 2.45) is 0 Å². The summed E-state index contributed by atoms with van der Waals surface area (Å²) in [7, 11) is 0. The van der Waals surface area contributed by atoms with Crippen LogP contribution in [0.3, 0.4) is 0 Å². The van der Waals surface area contributed by atoms with Gasteiger partial charge in [0.05, 0.1) is 16.6 Å². The zero-order valence-electron chi connectivity index (χ0n) is 16.6. The van der Waals surface area contributed by atoms with Gasteiger partial charge in [0.15, 0.2) is 0 Å². The van der Waals surface area contributed by atoms with Gasteiger partial charge in [-0.25, -0.2) is 0 Å². The van der Waals surface area contributed by atoms with Crippen molar-refractivity contribution in [1.29, 1.82) is 0 Å². The van der Waals surface area contributed by atoms with E-state index in [9.17, 15) is 0 Å². The normalized spacial score (nSPS) is 12.1. The van der Waals surface area contributed by atoms with Gasteiger partial charge >= 0.3 is 0 Å². The minimum Gasteiger partial charge on any atom is -0.338 e. The number of aromatic nitrogens is 2. The molecule has 2 heterocycles. The molecule has 0 aliphatic carbocycles. The van der Waals surface area contributed by atoms with E-state index in [-0.39, 0.29) is 0 Å². The van der Waals surface area contributed by atoms with E-state index in [1.54, 1.807) is 0 Å². The summed E-state index contributed by atoms with van der Waals surface area (Å²) in [5.74, 6) is 0. The lowest BCUT2D eigenvalue weighted by Gasteiger charge is -2.12. The van der Waals surface area contributed by atoms with Gasteiger partial charge in [0.25, 0.3) is 0 Å². The molecule has 4 aromatic carbocycles. The summed E-state index contributed by atoms with van der Waals surface area (Å²) in [6.45, 7) is 4.53. The average Bonchev–Trinajstić information content (AvgIpc) is 3.25. The number of hydrogen-bond acceptors (Lipinski definition) is 0. The zero-order valence-corrected chi connectivity index (χ0v) is 16.6. The number of hydrogen-bond donors (Lipinski definition) is 0. The molecule has 0 aliphatic rings. The Morgan fingerprint density at radius 1 is 0.517 bits per heavy atom. The monoisotopic (exact) mass is 374 g/mol.